The van der Waals surface area contributed by atoms with Gasteiger partial charge < -0.3 is 9.53 Å². The average molecular weight is 411 g/mol. The summed E-state index contributed by atoms with van der Waals surface area (Å²) in [6.45, 7) is 6.46. The van der Waals surface area contributed by atoms with Gasteiger partial charge in [-0.25, -0.2) is 0 Å². The predicted molar refractivity (Wildman–Crippen MR) is 124 cm³/mol. The smallest absolute Gasteiger partial charge is 0.305 e. The molecule has 1 unspecified atom stereocenters. The van der Waals surface area contributed by atoms with E-state index in [1.54, 1.807) is 6.92 Å². The molecule has 0 aromatic carbocycles. The lowest BCUT2D eigenvalue weighted by atomic mass is 10.0. The van der Waals surface area contributed by atoms with Crippen LogP contribution in [-0.4, -0.2) is 18.4 Å². The normalized spacial score (nSPS) is 12.1. The third kappa shape index (κ3) is 21.7. The molecule has 29 heavy (non-hydrogen) atoms. The molecule has 3 heteroatoms. The second kappa shape index (κ2) is 21.8. The van der Waals surface area contributed by atoms with E-state index in [0.717, 1.165) is 25.7 Å². The van der Waals surface area contributed by atoms with E-state index in [4.69, 9.17) is 4.74 Å². The summed E-state index contributed by atoms with van der Waals surface area (Å²) in [5, 5.41) is 0. The molecule has 1 atom stereocenters. The first-order valence-corrected chi connectivity index (χ1v) is 12.7. The topological polar surface area (TPSA) is 43.4 Å². The van der Waals surface area contributed by atoms with Crippen molar-refractivity contribution >= 4 is 11.8 Å². The van der Waals surface area contributed by atoms with E-state index >= 15 is 0 Å². The zero-order chi connectivity index (χ0) is 21.6. The van der Waals surface area contributed by atoms with Crippen molar-refractivity contribution in [3.8, 4) is 0 Å². The Labute approximate surface area is 181 Å². The zero-order valence-corrected chi connectivity index (χ0v) is 19.9. The number of unbranched alkanes of at least 4 members (excludes halogenated alkanes) is 14. The van der Waals surface area contributed by atoms with Crippen molar-refractivity contribution in [1.82, 2.24) is 0 Å². The average Bonchev–Trinajstić information content (AvgIpc) is 2.70. The fraction of sp³-hybridized carbons (Fsp3) is 0.923. The second-order valence-corrected chi connectivity index (χ2v) is 8.90. The fourth-order valence-corrected chi connectivity index (χ4v) is 3.74. The summed E-state index contributed by atoms with van der Waals surface area (Å²) in [6, 6.07) is 0. The first-order chi connectivity index (χ1) is 14.1. The minimum Gasteiger partial charge on any atom is -0.465 e. The van der Waals surface area contributed by atoms with Crippen LogP contribution in [0.2, 0.25) is 0 Å². The highest BCUT2D eigenvalue weighted by Gasteiger charge is 2.11. The SMILES string of the molecule is CCCCCCCCCCCCCCCCCC(=O)OCC(CC)CCC(C)=O. The van der Waals surface area contributed by atoms with Crippen molar-refractivity contribution in [3.63, 3.8) is 0 Å². The Hall–Kier alpha value is -0.860. The van der Waals surface area contributed by atoms with E-state index < -0.39 is 0 Å². The molecule has 0 saturated heterocycles. The van der Waals surface area contributed by atoms with E-state index in [1.165, 1.54) is 83.5 Å². The molecule has 0 heterocycles. The van der Waals surface area contributed by atoms with Crippen LogP contribution in [0.3, 0.4) is 0 Å². The van der Waals surface area contributed by atoms with Gasteiger partial charge in [0.1, 0.15) is 5.78 Å². The number of rotatable bonds is 22. The molecule has 0 N–H and O–H groups in total. The van der Waals surface area contributed by atoms with Crippen LogP contribution < -0.4 is 0 Å². The van der Waals surface area contributed by atoms with Crippen LogP contribution >= 0.6 is 0 Å². The van der Waals surface area contributed by atoms with E-state index in [2.05, 4.69) is 13.8 Å². The number of carbonyl (C=O) groups is 2. The quantitative estimate of drug-likeness (QED) is 0.133. The maximum Gasteiger partial charge on any atom is 0.305 e. The van der Waals surface area contributed by atoms with Crippen molar-refractivity contribution < 1.29 is 14.3 Å². The van der Waals surface area contributed by atoms with E-state index in [1.807, 2.05) is 0 Å². The minimum atomic E-state index is -0.0685. The number of hydrogen-bond acceptors (Lipinski definition) is 3. The lowest BCUT2D eigenvalue weighted by Crippen LogP contribution is -2.14. The van der Waals surface area contributed by atoms with Crippen LogP contribution in [-0.2, 0) is 14.3 Å². The highest BCUT2D eigenvalue weighted by atomic mass is 16.5. The van der Waals surface area contributed by atoms with Crippen molar-refractivity contribution in [2.75, 3.05) is 6.61 Å². The largest absolute Gasteiger partial charge is 0.465 e. The third-order valence-corrected chi connectivity index (χ3v) is 5.95. The van der Waals surface area contributed by atoms with Crippen LogP contribution in [0.1, 0.15) is 143 Å². The molecule has 0 aliphatic heterocycles. The molecule has 0 amide bonds. The Balaban J connectivity index is 3.33. The fourth-order valence-electron chi connectivity index (χ4n) is 3.74. The van der Waals surface area contributed by atoms with E-state index in [9.17, 15) is 9.59 Å². The van der Waals surface area contributed by atoms with Gasteiger partial charge in [0.2, 0.25) is 0 Å². The monoisotopic (exact) mass is 410 g/mol. The van der Waals surface area contributed by atoms with Gasteiger partial charge in [-0.1, -0.05) is 110 Å². The lowest BCUT2D eigenvalue weighted by molar-refractivity contribution is -0.145. The van der Waals surface area contributed by atoms with Gasteiger partial charge in [0.15, 0.2) is 0 Å². The van der Waals surface area contributed by atoms with Crippen LogP contribution in [0, 0.1) is 5.92 Å². The van der Waals surface area contributed by atoms with Crippen molar-refractivity contribution in [2.45, 2.75) is 143 Å². The summed E-state index contributed by atoms with van der Waals surface area (Å²) >= 11 is 0. The second-order valence-electron chi connectivity index (χ2n) is 8.90. The molecule has 0 fully saturated rings. The van der Waals surface area contributed by atoms with Gasteiger partial charge in [0.05, 0.1) is 6.61 Å². The molecule has 0 aromatic rings. The van der Waals surface area contributed by atoms with E-state index in [0.29, 0.717) is 25.4 Å². The summed E-state index contributed by atoms with van der Waals surface area (Å²) < 4.78 is 5.40. The first kappa shape index (κ1) is 28.1. The molecule has 0 spiro atoms. The van der Waals surface area contributed by atoms with Gasteiger partial charge in [0.25, 0.3) is 0 Å². The zero-order valence-electron chi connectivity index (χ0n) is 19.9. The number of esters is 1. The van der Waals surface area contributed by atoms with Crippen LogP contribution in [0.25, 0.3) is 0 Å². The molecular weight excluding hydrogens is 360 g/mol. The number of hydrogen-bond donors (Lipinski definition) is 0. The predicted octanol–water partition coefficient (Wildman–Crippen LogP) is 8.19. The van der Waals surface area contributed by atoms with Crippen LogP contribution in [0.4, 0.5) is 0 Å². The number of carbonyl (C=O) groups excluding carboxylic acids is 2. The first-order valence-electron chi connectivity index (χ1n) is 12.7. The molecule has 0 rings (SSSR count). The molecule has 0 aliphatic rings. The van der Waals surface area contributed by atoms with Gasteiger partial charge in [-0.15, -0.1) is 0 Å². The van der Waals surface area contributed by atoms with Gasteiger partial charge in [0, 0.05) is 12.8 Å². The maximum absolute atomic E-state index is 11.8. The Kier molecular flexibility index (Phi) is 21.2. The van der Waals surface area contributed by atoms with Gasteiger partial charge >= 0.3 is 5.97 Å². The Morgan fingerprint density at radius 2 is 1.10 bits per heavy atom. The third-order valence-electron chi connectivity index (χ3n) is 5.95. The Morgan fingerprint density at radius 1 is 0.655 bits per heavy atom. The standard InChI is InChI=1S/C26H50O3/c1-4-6-7-8-9-10-11-12-13-14-15-16-17-18-19-20-26(28)29-23-25(5-2)22-21-24(3)27/h25H,4-23H2,1-3H3. The number of ether oxygens (including phenoxy) is 1. The Bertz CT molecular complexity index is 378. The highest BCUT2D eigenvalue weighted by Crippen LogP contribution is 2.15. The summed E-state index contributed by atoms with van der Waals surface area (Å²) in [6.07, 6.45) is 22.9. The summed E-state index contributed by atoms with van der Waals surface area (Å²) in [5.41, 5.74) is 0. The van der Waals surface area contributed by atoms with Crippen molar-refractivity contribution in [3.05, 3.63) is 0 Å². The molecule has 172 valence electrons. The summed E-state index contributed by atoms with van der Waals surface area (Å²) in [5.74, 6) is 0.470. The molecule has 0 saturated carbocycles. The molecule has 0 aliphatic carbocycles. The maximum atomic E-state index is 11.8. The van der Waals surface area contributed by atoms with Crippen LogP contribution in [0.5, 0.6) is 0 Å². The summed E-state index contributed by atoms with van der Waals surface area (Å²) in [7, 11) is 0. The van der Waals surface area contributed by atoms with Crippen molar-refractivity contribution in [1.29, 1.82) is 0 Å². The van der Waals surface area contributed by atoms with Crippen molar-refractivity contribution in [2.24, 2.45) is 5.92 Å². The highest BCUT2D eigenvalue weighted by molar-refractivity contribution is 5.75. The molecule has 3 nitrogen and oxygen atoms in total. The summed E-state index contributed by atoms with van der Waals surface area (Å²) in [4.78, 5) is 22.9. The molecule has 0 aromatic heterocycles. The lowest BCUT2D eigenvalue weighted by Gasteiger charge is -2.14. The number of ketones is 1. The van der Waals surface area contributed by atoms with E-state index in [-0.39, 0.29) is 11.8 Å². The number of Topliss-reactive ketones (excluding diaryl/α,β-unsaturated/α-hetero) is 1. The Morgan fingerprint density at radius 3 is 1.52 bits per heavy atom. The van der Waals surface area contributed by atoms with Crippen LogP contribution in [0.15, 0.2) is 0 Å². The van der Waals surface area contributed by atoms with Gasteiger partial charge in [-0.05, 0) is 25.7 Å². The molecule has 0 bridgehead atoms. The minimum absolute atomic E-state index is 0.0685. The molecular formula is C26H50O3. The van der Waals surface area contributed by atoms with Gasteiger partial charge in [-0.2, -0.15) is 0 Å². The van der Waals surface area contributed by atoms with Gasteiger partial charge in [-0.3, -0.25) is 4.79 Å². The molecule has 0 radical (unpaired) electrons.